The van der Waals surface area contributed by atoms with Gasteiger partial charge in [-0.15, -0.1) is 0 Å². The number of ether oxygens (including phenoxy) is 1. The Morgan fingerprint density at radius 3 is 2.67 bits per heavy atom. The molecule has 0 saturated carbocycles. The number of amides is 1. The van der Waals surface area contributed by atoms with Gasteiger partial charge in [0, 0.05) is 19.6 Å². The Labute approximate surface area is 143 Å². The maximum atomic E-state index is 12.5. The van der Waals surface area contributed by atoms with Crippen molar-refractivity contribution in [2.75, 3.05) is 25.4 Å². The summed E-state index contributed by atoms with van der Waals surface area (Å²) in [7, 11) is -3.28. The monoisotopic (exact) mass is 352 g/mol. The molecule has 7 heteroatoms. The highest BCUT2D eigenvalue weighted by Gasteiger charge is 2.44. The first kappa shape index (κ1) is 17.4. The van der Waals surface area contributed by atoms with E-state index in [1.165, 1.54) is 4.31 Å². The van der Waals surface area contributed by atoms with Crippen LogP contribution in [0.4, 0.5) is 0 Å². The van der Waals surface area contributed by atoms with Gasteiger partial charge in [-0.2, -0.15) is 4.31 Å². The lowest BCUT2D eigenvalue weighted by molar-refractivity contribution is -0.133. The smallest absolute Gasteiger partial charge is 0.225 e. The third-order valence-corrected chi connectivity index (χ3v) is 6.63. The standard InChI is InChI=1S/C17H24N2O4S/c1-2-10-24(21,22)18-12-15-16(13-18)23-9-8-17(20)19(15)11-14-6-4-3-5-7-14/h3-7,15-16H,2,8-13H2,1H3/t15-,16-/m0/s1. The summed E-state index contributed by atoms with van der Waals surface area (Å²) in [6, 6.07) is 9.57. The van der Waals surface area contributed by atoms with Crippen LogP contribution in [0, 0.1) is 0 Å². The van der Waals surface area contributed by atoms with Crippen molar-refractivity contribution in [2.24, 2.45) is 0 Å². The van der Waals surface area contributed by atoms with Gasteiger partial charge >= 0.3 is 0 Å². The average Bonchev–Trinajstić information content (AvgIpc) is 2.92. The van der Waals surface area contributed by atoms with E-state index in [9.17, 15) is 13.2 Å². The van der Waals surface area contributed by atoms with Crippen molar-refractivity contribution in [1.82, 2.24) is 9.21 Å². The van der Waals surface area contributed by atoms with Gasteiger partial charge in [0.15, 0.2) is 0 Å². The lowest BCUT2D eigenvalue weighted by Gasteiger charge is -2.29. The molecule has 2 aliphatic rings. The van der Waals surface area contributed by atoms with E-state index in [0.29, 0.717) is 39.1 Å². The van der Waals surface area contributed by atoms with Crippen LogP contribution in [-0.4, -0.2) is 61.1 Å². The molecule has 0 unspecified atom stereocenters. The van der Waals surface area contributed by atoms with Gasteiger partial charge in [0.05, 0.1) is 30.9 Å². The zero-order chi connectivity index (χ0) is 17.2. The highest BCUT2D eigenvalue weighted by atomic mass is 32.2. The van der Waals surface area contributed by atoms with Crippen LogP contribution >= 0.6 is 0 Å². The van der Waals surface area contributed by atoms with Crippen LogP contribution in [-0.2, 0) is 26.1 Å². The van der Waals surface area contributed by atoms with E-state index in [-0.39, 0.29) is 23.8 Å². The van der Waals surface area contributed by atoms with Gasteiger partial charge in [-0.05, 0) is 12.0 Å². The van der Waals surface area contributed by atoms with Crippen LogP contribution in [0.25, 0.3) is 0 Å². The van der Waals surface area contributed by atoms with Gasteiger partial charge < -0.3 is 9.64 Å². The van der Waals surface area contributed by atoms with E-state index in [1.807, 2.05) is 37.3 Å². The third kappa shape index (κ3) is 3.63. The topological polar surface area (TPSA) is 66.9 Å². The maximum absolute atomic E-state index is 12.5. The van der Waals surface area contributed by atoms with Crippen molar-refractivity contribution in [1.29, 1.82) is 0 Å². The molecular weight excluding hydrogens is 328 g/mol. The predicted octanol–water partition coefficient (Wildman–Crippen LogP) is 1.23. The minimum atomic E-state index is -3.28. The second-order valence-corrected chi connectivity index (χ2v) is 8.46. The van der Waals surface area contributed by atoms with Crippen molar-refractivity contribution < 1.29 is 17.9 Å². The third-order valence-electron chi connectivity index (χ3n) is 4.62. The quantitative estimate of drug-likeness (QED) is 0.799. The second-order valence-electron chi connectivity index (χ2n) is 6.37. The summed E-state index contributed by atoms with van der Waals surface area (Å²) in [6.07, 6.45) is 0.690. The fourth-order valence-corrected chi connectivity index (χ4v) is 4.94. The van der Waals surface area contributed by atoms with Crippen molar-refractivity contribution >= 4 is 15.9 Å². The van der Waals surface area contributed by atoms with Crippen LogP contribution < -0.4 is 0 Å². The molecular formula is C17H24N2O4S. The average molecular weight is 352 g/mol. The zero-order valence-corrected chi connectivity index (χ0v) is 14.7. The van der Waals surface area contributed by atoms with Crippen LogP contribution in [0.1, 0.15) is 25.3 Å². The number of carbonyl (C=O) groups excluding carboxylic acids is 1. The molecule has 2 aliphatic heterocycles. The first-order chi connectivity index (χ1) is 11.5. The van der Waals surface area contributed by atoms with E-state index < -0.39 is 10.0 Å². The number of benzene rings is 1. The number of sulfonamides is 1. The van der Waals surface area contributed by atoms with Crippen LogP contribution in [0.5, 0.6) is 0 Å². The van der Waals surface area contributed by atoms with Crippen LogP contribution in [0.15, 0.2) is 30.3 Å². The Morgan fingerprint density at radius 1 is 1.21 bits per heavy atom. The van der Waals surface area contributed by atoms with Gasteiger partial charge in [-0.25, -0.2) is 8.42 Å². The Morgan fingerprint density at radius 2 is 1.96 bits per heavy atom. The number of hydrogen-bond acceptors (Lipinski definition) is 4. The number of nitrogens with zero attached hydrogens (tertiary/aromatic N) is 2. The Balaban J connectivity index is 1.81. The number of carbonyl (C=O) groups is 1. The molecule has 2 saturated heterocycles. The molecule has 1 aromatic carbocycles. The molecule has 2 heterocycles. The molecule has 3 rings (SSSR count). The second kappa shape index (κ2) is 7.21. The molecule has 0 N–H and O–H groups in total. The summed E-state index contributed by atoms with van der Waals surface area (Å²) in [4.78, 5) is 14.3. The van der Waals surface area contributed by atoms with Crippen LogP contribution in [0.3, 0.4) is 0 Å². The largest absolute Gasteiger partial charge is 0.374 e. The van der Waals surface area contributed by atoms with E-state index in [0.717, 1.165) is 5.56 Å². The summed E-state index contributed by atoms with van der Waals surface area (Å²) in [5.41, 5.74) is 1.04. The van der Waals surface area contributed by atoms with Gasteiger partial charge in [0.2, 0.25) is 15.9 Å². The van der Waals surface area contributed by atoms with Gasteiger partial charge in [-0.1, -0.05) is 37.3 Å². The first-order valence-corrected chi connectivity index (χ1v) is 10.0. The number of fused-ring (bicyclic) bond motifs is 1. The molecule has 2 fully saturated rings. The Bertz CT molecular complexity index is 677. The SMILES string of the molecule is CCCS(=O)(=O)N1C[C@@H]2OCCC(=O)N(Cc3ccccc3)[C@H]2C1. The minimum Gasteiger partial charge on any atom is -0.374 e. The molecule has 132 valence electrons. The van der Waals surface area contributed by atoms with Crippen molar-refractivity contribution in [2.45, 2.75) is 38.5 Å². The summed E-state index contributed by atoms with van der Waals surface area (Å²) in [5, 5.41) is 0. The highest BCUT2D eigenvalue weighted by molar-refractivity contribution is 7.89. The first-order valence-electron chi connectivity index (χ1n) is 8.44. The summed E-state index contributed by atoms with van der Waals surface area (Å²) >= 11 is 0. The van der Waals surface area contributed by atoms with E-state index in [1.54, 1.807) is 4.90 Å². The van der Waals surface area contributed by atoms with Crippen LogP contribution in [0.2, 0.25) is 0 Å². The molecule has 0 bridgehead atoms. The fraction of sp³-hybridized carbons (Fsp3) is 0.588. The van der Waals surface area contributed by atoms with Crippen molar-refractivity contribution in [3.63, 3.8) is 0 Å². The number of hydrogen-bond donors (Lipinski definition) is 0. The van der Waals surface area contributed by atoms with Gasteiger partial charge in [0.25, 0.3) is 0 Å². The predicted molar refractivity (Wildman–Crippen MR) is 90.8 cm³/mol. The zero-order valence-electron chi connectivity index (χ0n) is 13.9. The molecule has 1 amide bonds. The Kier molecular flexibility index (Phi) is 5.22. The normalized spacial score (nSPS) is 25.5. The van der Waals surface area contributed by atoms with Gasteiger partial charge in [-0.3, -0.25) is 4.79 Å². The molecule has 0 radical (unpaired) electrons. The molecule has 0 spiro atoms. The molecule has 0 aromatic heterocycles. The maximum Gasteiger partial charge on any atom is 0.225 e. The number of rotatable bonds is 5. The summed E-state index contributed by atoms with van der Waals surface area (Å²) < 4.78 is 32.0. The molecule has 1 aromatic rings. The molecule has 24 heavy (non-hydrogen) atoms. The fourth-order valence-electron chi connectivity index (χ4n) is 3.41. The summed E-state index contributed by atoms with van der Waals surface area (Å²) in [5.74, 6) is 0.167. The molecule has 6 nitrogen and oxygen atoms in total. The van der Waals surface area contributed by atoms with Gasteiger partial charge in [0.1, 0.15) is 0 Å². The molecule has 2 atom stereocenters. The van der Waals surface area contributed by atoms with E-state index in [2.05, 4.69) is 0 Å². The minimum absolute atomic E-state index is 0.0288. The highest BCUT2D eigenvalue weighted by Crippen LogP contribution is 2.27. The van der Waals surface area contributed by atoms with E-state index >= 15 is 0 Å². The Hall–Kier alpha value is -1.44. The lowest BCUT2D eigenvalue weighted by atomic mass is 10.1. The van der Waals surface area contributed by atoms with Crippen molar-refractivity contribution in [3.8, 4) is 0 Å². The lowest BCUT2D eigenvalue weighted by Crippen LogP contribution is -2.45. The summed E-state index contributed by atoms with van der Waals surface area (Å²) in [6.45, 7) is 3.36. The van der Waals surface area contributed by atoms with Crippen molar-refractivity contribution in [3.05, 3.63) is 35.9 Å². The molecule has 0 aliphatic carbocycles. The van der Waals surface area contributed by atoms with E-state index in [4.69, 9.17) is 4.74 Å².